The predicted molar refractivity (Wildman–Crippen MR) is 84.2 cm³/mol. The summed E-state index contributed by atoms with van der Waals surface area (Å²) < 4.78 is 2.03. The lowest BCUT2D eigenvalue weighted by Gasteiger charge is -2.07. The zero-order valence-electron chi connectivity index (χ0n) is 10.8. The number of rotatable bonds is 3. The first-order valence-corrected chi connectivity index (χ1v) is 6.97. The Balaban J connectivity index is 1.97. The van der Waals surface area contributed by atoms with E-state index >= 15 is 0 Å². The molecule has 0 N–H and O–H groups in total. The van der Waals surface area contributed by atoms with Crippen LogP contribution in [0.2, 0.25) is 10.0 Å². The number of hydrogen-bond donors (Lipinski definition) is 0. The van der Waals surface area contributed by atoms with Crippen LogP contribution in [-0.2, 0) is 6.54 Å². The van der Waals surface area contributed by atoms with Gasteiger partial charge in [-0.25, -0.2) is 0 Å². The number of aromatic nitrogens is 1. The average molecular weight is 321 g/mol. The first-order chi connectivity index (χ1) is 10.0. The summed E-state index contributed by atoms with van der Waals surface area (Å²) >= 11 is 12.1. The normalized spacial score (nSPS) is 11.0. The van der Waals surface area contributed by atoms with E-state index in [0.29, 0.717) is 16.6 Å². The molecule has 4 nitrogen and oxygen atoms in total. The molecule has 0 bridgehead atoms. The molecule has 0 aliphatic rings. The Labute approximate surface area is 130 Å². The fourth-order valence-electron chi connectivity index (χ4n) is 2.27. The van der Waals surface area contributed by atoms with E-state index in [-0.39, 0.29) is 5.69 Å². The van der Waals surface area contributed by atoms with Gasteiger partial charge in [0.25, 0.3) is 5.69 Å². The second-order valence-electron chi connectivity index (χ2n) is 4.68. The highest BCUT2D eigenvalue weighted by atomic mass is 35.5. The fraction of sp³-hybridized carbons (Fsp3) is 0.0667. The van der Waals surface area contributed by atoms with Crippen LogP contribution in [-0.4, -0.2) is 9.49 Å². The van der Waals surface area contributed by atoms with Gasteiger partial charge in [0.05, 0.1) is 9.95 Å². The molecular weight excluding hydrogens is 311 g/mol. The molecule has 0 unspecified atom stereocenters. The lowest BCUT2D eigenvalue weighted by molar-refractivity contribution is -0.384. The SMILES string of the molecule is O=[N+]([O-])c1ccc(Cn2ccc3cc(Cl)ccc32)c(Cl)c1. The van der Waals surface area contributed by atoms with E-state index in [4.69, 9.17) is 23.2 Å². The highest BCUT2D eigenvalue weighted by Crippen LogP contribution is 2.26. The Morgan fingerprint density at radius 2 is 1.90 bits per heavy atom. The monoisotopic (exact) mass is 320 g/mol. The maximum absolute atomic E-state index is 10.7. The topological polar surface area (TPSA) is 48.1 Å². The van der Waals surface area contributed by atoms with Crippen LogP contribution in [0.1, 0.15) is 5.56 Å². The molecule has 106 valence electrons. The third kappa shape index (κ3) is 2.73. The van der Waals surface area contributed by atoms with E-state index < -0.39 is 4.92 Å². The number of nitrogens with zero attached hydrogens (tertiary/aromatic N) is 2. The Bertz CT molecular complexity index is 843. The Morgan fingerprint density at radius 3 is 2.62 bits per heavy atom. The number of non-ortho nitro benzene ring substituents is 1. The summed E-state index contributed by atoms with van der Waals surface area (Å²) in [6.07, 6.45) is 1.94. The van der Waals surface area contributed by atoms with Crippen LogP contribution in [0.15, 0.2) is 48.7 Å². The number of nitro groups is 1. The molecule has 1 heterocycles. The lowest BCUT2D eigenvalue weighted by Crippen LogP contribution is -1.99. The smallest absolute Gasteiger partial charge is 0.270 e. The molecule has 0 saturated heterocycles. The van der Waals surface area contributed by atoms with Crippen molar-refractivity contribution in [3.05, 3.63) is 74.4 Å². The van der Waals surface area contributed by atoms with E-state index in [2.05, 4.69) is 0 Å². The minimum Gasteiger partial charge on any atom is -0.343 e. The molecule has 1 aromatic heterocycles. The van der Waals surface area contributed by atoms with Crippen LogP contribution in [0.5, 0.6) is 0 Å². The van der Waals surface area contributed by atoms with Gasteiger partial charge in [-0.3, -0.25) is 10.1 Å². The second-order valence-corrected chi connectivity index (χ2v) is 5.52. The van der Waals surface area contributed by atoms with E-state index in [0.717, 1.165) is 16.5 Å². The van der Waals surface area contributed by atoms with Crippen LogP contribution in [0, 0.1) is 10.1 Å². The van der Waals surface area contributed by atoms with Gasteiger partial charge in [-0.1, -0.05) is 23.2 Å². The van der Waals surface area contributed by atoms with Gasteiger partial charge in [0, 0.05) is 40.8 Å². The van der Waals surface area contributed by atoms with Gasteiger partial charge in [0.2, 0.25) is 0 Å². The summed E-state index contributed by atoms with van der Waals surface area (Å²) in [4.78, 5) is 10.3. The summed E-state index contributed by atoms with van der Waals surface area (Å²) in [5.74, 6) is 0. The van der Waals surface area contributed by atoms with Crippen molar-refractivity contribution < 1.29 is 4.92 Å². The van der Waals surface area contributed by atoms with Gasteiger partial charge >= 0.3 is 0 Å². The van der Waals surface area contributed by atoms with Crippen molar-refractivity contribution in [3.8, 4) is 0 Å². The van der Waals surface area contributed by atoms with Gasteiger partial charge in [-0.2, -0.15) is 0 Å². The molecule has 3 aromatic rings. The molecule has 0 aliphatic heterocycles. The van der Waals surface area contributed by atoms with Crippen LogP contribution >= 0.6 is 23.2 Å². The molecule has 21 heavy (non-hydrogen) atoms. The molecule has 0 amide bonds. The summed E-state index contributed by atoms with van der Waals surface area (Å²) in [5, 5.41) is 12.8. The van der Waals surface area contributed by atoms with Gasteiger partial charge in [0.1, 0.15) is 0 Å². The minimum atomic E-state index is -0.456. The van der Waals surface area contributed by atoms with Crippen LogP contribution < -0.4 is 0 Å². The molecule has 3 rings (SSSR count). The van der Waals surface area contributed by atoms with Gasteiger partial charge in [0.15, 0.2) is 0 Å². The molecule has 0 saturated carbocycles. The summed E-state index contributed by atoms with van der Waals surface area (Å²) in [5.41, 5.74) is 1.86. The molecule has 0 spiro atoms. The van der Waals surface area contributed by atoms with Crippen molar-refractivity contribution in [2.75, 3.05) is 0 Å². The molecule has 6 heteroatoms. The van der Waals surface area contributed by atoms with E-state index in [9.17, 15) is 10.1 Å². The Kier molecular flexibility index (Phi) is 3.57. The first kappa shape index (κ1) is 13.9. The van der Waals surface area contributed by atoms with Gasteiger partial charge < -0.3 is 4.57 Å². The zero-order chi connectivity index (χ0) is 15.0. The predicted octanol–water partition coefficient (Wildman–Crippen LogP) is 4.90. The third-order valence-electron chi connectivity index (χ3n) is 3.32. The Morgan fingerprint density at radius 1 is 1.10 bits per heavy atom. The standard InChI is InChI=1S/C15H10Cl2N2O2/c16-12-2-4-15-10(7-12)5-6-18(15)9-11-1-3-13(19(20)21)8-14(11)17/h1-8H,9H2. The quantitative estimate of drug-likeness (QED) is 0.508. The molecular formula is C15H10Cl2N2O2. The highest BCUT2D eigenvalue weighted by molar-refractivity contribution is 6.31. The van der Waals surface area contributed by atoms with Crippen molar-refractivity contribution >= 4 is 39.8 Å². The minimum absolute atomic E-state index is 0.00658. The van der Waals surface area contributed by atoms with Crippen molar-refractivity contribution in [2.24, 2.45) is 0 Å². The summed E-state index contributed by atoms with van der Waals surface area (Å²) in [7, 11) is 0. The largest absolute Gasteiger partial charge is 0.343 e. The third-order valence-corrected chi connectivity index (χ3v) is 3.91. The maximum atomic E-state index is 10.7. The van der Waals surface area contributed by atoms with Crippen molar-refractivity contribution in [2.45, 2.75) is 6.54 Å². The maximum Gasteiger partial charge on any atom is 0.270 e. The number of fused-ring (bicyclic) bond motifs is 1. The number of hydrogen-bond acceptors (Lipinski definition) is 2. The Hall–Kier alpha value is -2.04. The molecule has 0 atom stereocenters. The number of benzene rings is 2. The second kappa shape index (κ2) is 5.39. The van der Waals surface area contributed by atoms with E-state index in [1.165, 1.54) is 12.1 Å². The molecule has 2 aromatic carbocycles. The lowest BCUT2D eigenvalue weighted by atomic mass is 10.2. The highest BCUT2D eigenvalue weighted by Gasteiger charge is 2.10. The van der Waals surface area contributed by atoms with Crippen molar-refractivity contribution in [1.82, 2.24) is 4.57 Å². The van der Waals surface area contributed by atoms with Crippen LogP contribution in [0.3, 0.4) is 0 Å². The van der Waals surface area contributed by atoms with E-state index in [1.807, 2.05) is 35.0 Å². The van der Waals surface area contributed by atoms with Crippen molar-refractivity contribution in [3.63, 3.8) is 0 Å². The van der Waals surface area contributed by atoms with Crippen molar-refractivity contribution in [1.29, 1.82) is 0 Å². The summed E-state index contributed by atoms with van der Waals surface area (Å²) in [6.45, 7) is 0.544. The number of halogens is 2. The fourth-order valence-corrected chi connectivity index (χ4v) is 2.69. The first-order valence-electron chi connectivity index (χ1n) is 6.22. The van der Waals surface area contributed by atoms with Crippen LogP contribution in [0.4, 0.5) is 5.69 Å². The molecule has 0 fully saturated rings. The molecule has 0 radical (unpaired) electrons. The van der Waals surface area contributed by atoms with Gasteiger partial charge in [-0.05, 0) is 35.9 Å². The van der Waals surface area contributed by atoms with Crippen LogP contribution in [0.25, 0.3) is 10.9 Å². The average Bonchev–Trinajstić information content (AvgIpc) is 2.83. The zero-order valence-corrected chi connectivity index (χ0v) is 12.3. The summed E-state index contributed by atoms with van der Waals surface area (Å²) in [6, 6.07) is 12.2. The number of nitro benzene ring substituents is 1. The molecule has 0 aliphatic carbocycles. The van der Waals surface area contributed by atoms with E-state index in [1.54, 1.807) is 6.07 Å². The van der Waals surface area contributed by atoms with Gasteiger partial charge in [-0.15, -0.1) is 0 Å².